The van der Waals surface area contributed by atoms with Crippen LogP contribution < -0.4 is 0 Å². The summed E-state index contributed by atoms with van der Waals surface area (Å²) in [5.74, 6) is 0.190. The molecule has 3 heteroatoms. The van der Waals surface area contributed by atoms with Gasteiger partial charge in [-0.05, 0) is 25.0 Å². The topological polar surface area (TPSA) is 33.2 Å². The lowest BCUT2D eigenvalue weighted by Gasteiger charge is -2.30. The number of fused-ring (bicyclic) bond motifs is 1. The van der Waals surface area contributed by atoms with Gasteiger partial charge in [0.05, 0.1) is 17.8 Å². The summed E-state index contributed by atoms with van der Waals surface area (Å²) in [5.41, 5.74) is 1.77. The molecule has 1 fully saturated rings. The molecule has 1 saturated carbocycles. The Kier molecular flexibility index (Phi) is 2.39. The highest BCUT2D eigenvalue weighted by molar-refractivity contribution is 5.97. The van der Waals surface area contributed by atoms with Crippen molar-refractivity contribution in [2.45, 2.75) is 44.7 Å². The minimum Gasteiger partial charge on any atom is -0.330 e. The lowest BCUT2D eigenvalue weighted by molar-refractivity contribution is 0.0659. The maximum absolute atomic E-state index is 12.2. The van der Waals surface area contributed by atoms with Crippen LogP contribution in [0.1, 0.15) is 48.2 Å². The van der Waals surface area contributed by atoms with Gasteiger partial charge in [-0.1, -0.05) is 19.3 Å². The standard InChI is InChI=1S/C13H16N2O/c16-13-11-7-4-8-14-12(11)9-15(13)10-5-2-1-3-6-10/h4,7-8,10H,1-3,5-6,9H2. The number of hydrogen-bond donors (Lipinski definition) is 0. The highest BCUT2D eigenvalue weighted by Crippen LogP contribution is 2.29. The number of amides is 1. The zero-order chi connectivity index (χ0) is 11.0. The summed E-state index contributed by atoms with van der Waals surface area (Å²) < 4.78 is 0. The van der Waals surface area contributed by atoms with Gasteiger partial charge in [0, 0.05) is 12.2 Å². The van der Waals surface area contributed by atoms with Gasteiger partial charge in [-0.2, -0.15) is 0 Å². The quantitative estimate of drug-likeness (QED) is 0.722. The average molecular weight is 216 g/mol. The van der Waals surface area contributed by atoms with Crippen molar-refractivity contribution in [2.75, 3.05) is 0 Å². The van der Waals surface area contributed by atoms with Crippen LogP contribution in [0.25, 0.3) is 0 Å². The largest absolute Gasteiger partial charge is 0.330 e. The van der Waals surface area contributed by atoms with Crippen LogP contribution in [0.5, 0.6) is 0 Å². The van der Waals surface area contributed by atoms with Crippen molar-refractivity contribution in [3.8, 4) is 0 Å². The van der Waals surface area contributed by atoms with Gasteiger partial charge in [-0.25, -0.2) is 0 Å². The Morgan fingerprint density at radius 3 is 2.81 bits per heavy atom. The zero-order valence-corrected chi connectivity index (χ0v) is 9.35. The fourth-order valence-electron chi connectivity index (χ4n) is 2.83. The van der Waals surface area contributed by atoms with Crippen LogP contribution in [0.2, 0.25) is 0 Å². The molecule has 0 unspecified atom stereocenters. The number of carbonyl (C=O) groups is 1. The smallest absolute Gasteiger partial charge is 0.256 e. The molecule has 2 aliphatic rings. The van der Waals surface area contributed by atoms with Gasteiger partial charge < -0.3 is 4.90 Å². The summed E-state index contributed by atoms with van der Waals surface area (Å²) in [6, 6.07) is 4.20. The summed E-state index contributed by atoms with van der Waals surface area (Å²) in [5, 5.41) is 0. The van der Waals surface area contributed by atoms with Gasteiger partial charge in [0.1, 0.15) is 0 Å². The number of carbonyl (C=O) groups excluding carboxylic acids is 1. The van der Waals surface area contributed by atoms with Gasteiger partial charge in [0.15, 0.2) is 0 Å². The summed E-state index contributed by atoms with van der Waals surface area (Å²) in [7, 11) is 0. The predicted molar refractivity (Wildman–Crippen MR) is 61.0 cm³/mol. The Morgan fingerprint density at radius 1 is 1.25 bits per heavy atom. The first kappa shape index (κ1) is 9.82. The van der Waals surface area contributed by atoms with Gasteiger partial charge in [-0.3, -0.25) is 9.78 Å². The van der Waals surface area contributed by atoms with Crippen LogP contribution in [0.15, 0.2) is 18.3 Å². The third-order valence-electron chi connectivity index (χ3n) is 3.72. The van der Waals surface area contributed by atoms with E-state index in [9.17, 15) is 4.79 Å². The van der Waals surface area contributed by atoms with Crippen LogP contribution in [0.3, 0.4) is 0 Å². The highest BCUT2D eigenvalue weighted by atomic mass is 16.2. The number of aromatic nitrogens is 1. The van der Waals surface area contributed by atoms with E-state index >= 15 is 0 Å². The molecule has 0 spiro atoms. The number of nitrogens with zero attached hydrogens (tertiary/aromatic N) is 2. The molecule has 1 aliphatic carbocycles. The van der Waals surface area contributed by atoms with Crippen LogP contribution >= 0.6 is 0 Å². The molecule has 0 N–H and O–H groups in total. The first-order valence-corrected chi connectivity index (χ1v) is 6.11. The summed E-state index contributed by atoms with van der Waals surface area (Å²) in [6.45, 7) is 0.722. The van der Waals surface area contributed by atoms with Crippen molar-refractivity contribution < 1.29 is 4.79 Å². The zero-order valence-electron chi connectivity index (χ0n) is 9.35. The average Bonchev–Trinajstić information content (AvgIpc) is 2.69. The van der Waals surface area contributed by atoms with Crippen molar-refractivity contribution in [1.82, 2.24) is 9.88 Å². The van der Waals surface area contributed by atoms with Crippen LogP contribution in [-0.2, 0) is 6.54 Å². The minimum absolute atomic E-state index is 0.190. The fraction of sp³-hybridized carbons (Fsp3) is 0.538. The van der Waals surface area contributed by atoms with Gasteiger partial charge in [-0.15, -0.1) is 0 Å². The fourth-order valence-corrected chi connectivity index (χ4v) is 2.83. The number of rotatable bonds is 1. The minimum atomic E-state index is 0.190. The normalized spacial score (nSPS) is 21.2. The number of pyridine rings is 1. The van der Waals surface area contributed by atoms with E-state index < -0.39 is 0 Å². The van der Waals surface area contributed by atoms with Crippen molar-refractivity contribution in [3.63, 3.8) is 0 Å². The summed E-state index contributed by atoms with van der Waals surface area (Å²) >= 11 is 0. The summed E-state index contributed by atoms with van der Waals surface area (Å²) in [4.78, 5) is 18.5. The second-order valence-electron chi connectivity index (χ2n) is 4.72. The second kappa shape index (κ2) is 3.89. The van der Waals surface area contributed by atoms with Gasteiger partial charge in [0.25, 0.3) is 5.91 Å². The maximum Gasteiger partial charge on any atom is 0.256 e. The van der Waals surface area contributed by atoms with E-state index in [1.54, 1.807) is 6.20 Å². The molecule has 3 nitrogen and oxygen atoms in total. The molecule has 1 amide bonds. The molecular formula is C13H16N2O. The Morgan fingerprint density at radius 2 is 2.06 bits per heavy atom. The third kappa shape index (κ3) is 1.51. The second-order valence-corrected chi connectivity index (χ2v) is 4.72. The molecule has 1 aromatic rings. The molecule has 0 radical (unpaired) electrons. The molecule has 0 aromatic carbocycles. The molecule has 2 heterocycles. The molecule has 0 bridgehead atoms. The van der Waals surface area contributed by atoms with Gasteiger partial charge in [0.2, 0.25) is 0 Å². The molecule has 1 aromatic heterocycles. The molecular weight excluding hydrogens is 200 g/mol. The van der Waals surface area contributed by atoms with Crippen molar-refractivity contribution in [2.24, 2.45) is 0 Å². The third-order valence-corrected chi connectivity index (χ3v) is 3.72. The van der Waals surface area contributed by atoms with Crippen molar-refractivity contribution in [3.05, 3.63) is 29.6 Å². The SMILES string of the molecule is O=C1c2cccnc2CN1C1CCCCC1. The highest BCUT2D eigenvalue weighted by Gasteiger charge is 2.33. The van der Waals surface area contributed by atoms with E-state index in [1.165, 1.54) is 32.1 Å². The van der Waals surface area contributed by atoms with Crippen LogP contribution in [0.4, 0.5) is 0 Å². The summed E-state index contributed by atoms with van der Waals surface area (Å²) in [6.07, 6.45) is 7.95. The van der Waals surface area contributed by atoms with Gasteiger partial charge >= 0.3 is 0 Å². The Hall–Kier alpha value is -1.38. The molecule has 3 rings (SSSR count). The van der Waals surface area contributed by atoms with Crippen molar-refractivity contribution >= 4 is 5.91 Å². The molecule has 0 saturated heterocycles. The lowest BCUT2D eigenvalue weighted by Crippen LogP contribution is -2.36. The van der Waals surface area contributed by atoms with E-state index in [4.69, 9.17) is 0 Å². The first-order chi connectivity index (χ1) is 7.86. The van der Waals surface area contributed by atoms with E-state index in [0.29, 0.717) is 6.04 Å². The molecule has 0 atom stereocenters. The predicted octanol–water partition coefficient (Wildman–Crippen LogP) is 2.37. The molecule has 84 valence electrons. The Balaban J connectivity index is 1.83. The maximum atomic E-state index is 12.2. The molecule has 16 heavy (non-hydrogen) atoms. The van der Waals surface area contributed by atoms with E-state index in [0.717, 1.165) is 17.8 Å². The Labute approximate surface area is 95.5 Å². The lowest BCUT2D eigenvalue weighted by atomic mass is 9.94. The van der Waals surface area contributed by atoms with Crippen LogP contribution in [-0.4, -0.2) is 21.8 Å². The van der Waals surface area contributed by atoms with Crippen LogP contribution in [0, 0.1) is 0 Å². The van der Waals surface area contributed by atoms with E-state index in [2.05, 4.69) is 4.98 Å². The van der Waals surface area contributed by atoms with E-state index in [-0.39, 0.29) is 5.91 Å². The monoisotopic (exact) mass is 216 g/mol. The molecule has 1 aliphatic heterocycles. The Bertz CT molecular complexity index is 410. The van der Waals surface area contributed by atoms with E-state index in [1.807, 2.05) is 17.0 Å². The van der Waals surface area contributed by atoms with Crippen molar-refractivity contribution in [1.29, 1.82) is 0 Å². The number of hydrogen-bond acceptors (Lipinski definition) is 2. The first-order valence-electron chi connectivity index (χ1n) is 6.11.